The van der Waals surface area contributed by atoms with Crippen molar-refractivity contribution in [2.75, 3.05) is 40.0 Å². The van der Waals surface area contributed by atoms with E-state index in [0.29, 0.717) is 31.3 Å². The number of nitrogens with zero attached hydrogens (tertiary/aromatic N) is 1. The zero-order chi connectivity index (χ0) is 12.5. The van der Waals surface area contributed by atoms with Crippen molar-refractivity contribution in [1.82, 2.24) is 4.90 Å². The number of rotatable bonds is 6. The van der Waals surface area contributed by atoms with Crippen molar-refractivity contribution in [2.45, 2.75) is 32.4 Å². The van der Waals surface area contributed by atoms with Crippen LogP contribution < -0.4 is 0 Å². The maximum atomic E-state index is 8.65. The Morgan fingerprint density at radius 1 is 1.41 bits per heavy atom. The van der Waals surface area contributed by atoms with Gasteiger partial charge in [-0.25, -0.2) is 0 Å². The van der Waals surface area contributed by atoms with Gasteiger partial charge in [0, 0.05) is 30.5 Å². The lowest BCUT2D eigenvalue weighted by molar-refractivity contribution is -0.151. The van der Waals surface area contributed by atoms with Gasteiger partial charge in [0.2, 0.25) is 0 Å². The summed E-state index contributed by atoms with van der Waals surface area (Å²) in [5.41, 5.74) is 0.257. The Balaban J connectivity index is 1.80. The molecular formula is C13H25NO3. The van der Waals surface area contributed by atoms with Crippen LogP contribution in [-0.4, -0.2) is 62.2 Å². The van der Waals surface area contributed by atoms with Crippen molar-refractivity contribution >= 4 is 0 Å². The lowest BCUT2D eigenvalue weighted by Crippen LogP contribution is -2.66. The molecule has 1 saturated heterocycles. The van der Waals surface area contributed by atoms with Gasteiger partial charge in [-0.3, -0.25) is 0 Å². The fourth-order valence-corrected chi connectivity index (χ4v) is 3.71. The second kappa shape index (κ2) is 5.22. The standard InChI is InChI=1S/C13H25NO3/c1-13(2)11(10-4-7-17-12(10)13)14(3)5-8-16-9-6-15/h10-12,15H,4-9H2,1-3H3/t10-,11+,12+/m0/s1. The summed E-state index contributed by atoms with van der Waals surface area (Å²) < 4.78 is 11.1. The molecule has 1 N–H and O–H groups in total. The molecule has 1 aliphatic carbocycles. The lowest BCUT2D eigenvalue weighted by Gasteiger charge is -2.58. The number of ether oxygens (including phenoxy) is 2. The predicted octanol–water partition coefficient (Wildman–Crippen LogP) is 0.741. The van der Waals surface area contributed by atoms with Crippen molar-refractivity contribution in [3.8, 4) is 0 Å². The molecule has 0 bridgehead atoms. The number of aliphatic hydroxyl groups is 1. The van der Waals surface area contributed by atoms with Crippen molar-refractivity contribution in [3.63, 3.8) is 0 Å². The Hall–Kier alpha value is -0.160. The van der Waals surface area contributed by atoms with Crippen LogP contribution in [-0.2, 0) is 9.47 Å². The molecule has 2 fully saturated rings. The number of hydrogen-bond acceptors (Lipinski definition) is 4. The molecule has 0 aromatic rings. The van der Waals surface area contributed by atoms with Crippen LogP contribution >= 0.6 is 0 Å². The van der Waals surface area contributed by atoms with E-state index in [0.717, 1.165) is 13.2 Å². The minimum atomic E-state index is 0.108. The first-order valence-corrected chi connectivity index (χ1v) is 6.59. The first-order valence-electron chi connectivity index (χ1n) is 6.59. The van der Waals surface area contributed by atoms with E-state index < -0.39 is 0 Å². The Morgan fingerprint density at radius 3 is 2.88 bits per heavy atom. The molecule has 1 heterocycles. The maximum Gasteiger partial charge on any atom is 0.0698 e. The minimum Gasteiger partial charge on any atom is -0.394 e. The third-order valence-corrected chi connectivity index (χ3v) is 4.34. The van der Waals surface area contributed by atoms with Crippen LogP contribution in [0.15, 0.2) is 0 Å². The zero-order valence-corrected chi connectivity index (χ0v) is 11.2. The van der Waals surface area contributed by atoms with E-state index >= 15 is 0 Å². The third-order valence-electron chi connectivity index (χ3n) is 4.34. The minimum absolute atomic E-state index is 0.108. The van der Waals surface area contributed by atoms with Gasteiger partial charge < -0.3 is 19.5 Å². The van der Waals surface area contributed by atoms with Gasteiger partial charge >= 0.3 is 0 Å². The fraction of sp³-hybridized carbons (Fsp3) is 1.00. The SMILES string of the molecule is CN(CCOCCO)[C@@H]1[C@@H]2CCO[C@H]2C1(C)C. The van der Waals surface area contributed by atoms with Gasteiger partial charge in [0.15, 0.2) is 0 Å². The summed E-state index contributed by atoms with van der Waals surface area (Å²) in [5, 5.41) is 8.65. The molecule has 0 radical (unpaired) electrons. The molecule has 0 spiro atoms. The maximum absolute atomic E-state index is 8.65. The highest BCUT2D eigenvalue weighted by Gasteiger charge is 2.60. The summed E-state index contributed by atoms with van der Waals surface area (Å²) in [5.74, 6) is 0.702. The van der Waals surface area contributed by atoms with E-state index in [9.17, 15) is 0 Å². The van der Waals surface area contributed by atoms with Crippen LogP contribution in [0.2, 0.25) is 0 Å². The molecule has 0 amide bonds. The third kappa shape index (κ3) is 2.36. The smallest absolute Gasteiger partial charge is 0.0698 e. The highest BCUT2D eigenvalue weighted by molar-refractivity contribution is 5.11. The van der Waals surface area contributed by atoms with Gasteiger partial charge in [-0.15, -0.1) is 0 Å². The molecule has 1 saturated carbocycles. The molecule has 4 nitrogen and oxygen atoms in total. The van der Waals surface area contributed by atoms with E-state index in [4.69, 9.17) is 14.6 Å². The summed E-state index contributed by atoms with van der Waals surface area (Å²) in [4.78, 5) is 2.40. The second-order valence-electron chi connectivity index (χ2n) is 5.83. The van der Waals surface area contributed by atoms with Crippen LogP contribution in [0.4, 0.5) is 0 Å². The molecule has 17 heavy (non-hydrogen) atoms. The molecule has 3 atom stereocenters. The molecular weight excluding hydrogens is 218 g/mol. The molecule has 0 unspecified atom stereocenters. The van der Waals surface area contributed by atoms with Crippen LogP contribution in [0.25, 0.3) is 0 Å². The van der Waals surface area contributed by atoms with E-state index in [1.54, 1.807) is 0 Å². The summed E-state index contributed by atoms with van der Waals surface area (Å²) in [7, 11) is 2.17. The fourth-order valence-electron chi connectivity index (χ4n) is 3.71. The highest BCUT2D eigenvalue weighted by atomic mass is 16.5. The van der Waals surface area contributed by atoms with Crippen LogP contribution in [0.5, 0.6) is 0 Å². The van der Waals surface area contributed by atoms with Crippen LogP contribution in [0, 0.1) is 11.3 Å². The Kier molecular flexibility index (Phi) is 4.08. The molecule has 0 aromatic heterocycles. The largest absolute Gasteiger partial charge is 0.394 e. The van der Waals surface area contributed by atoms with Gasteiger partial charge in [0.25, 0.3) is 0 Å². The molecule has 2 rings (SSSR count). The topological polar surface area (TPSA) is 41.9 Å². The zero-order valence-electron chi connectivity index (χ0n) is 11.2. The molecule has 1 aliphatic heterocycles. The number of fused-ring (bicyclic) bond motifs is 1. The normalized spacial score (nSPS) is 34.8. The first-order chi connectivity index (χ1) is 8.09. The quantitative estimate of drug-likeness (QED) is 0.699. The van der Waals surface area contributed by atoms with E-state index in [1.807, 2.05) is 0 Å². The lowest BCUT2D eigenvalue weighted by atomic mass is 9.57. The predicted molar refractivity (Wildman–Crippen MR) is 66.0 cm³/mol. The Labute approximate surface area is 104 Å². The van der Waals surface area contributed by atoms with E-state index in [1.165, 1.54) is 6.42 Å². The first kappa shape index (κ1) is 13.3. The average molecular weight is 243 g/mol. The van der Waals surface area contributed by atoms with Crippen molar-refractivity contribution in [3.05, 3.63) is 0 Å². The van der Waals surface area contributed by atoms with Crippen molar-refractivity contribution < 1.29 is 14.6 Å². The molecule has 100 valence electrons. The van der Waals surface area contributed by atoms with Gasteiger partial charge in [0.1, 0.15) is 0 Å². The molecule has 4 heteroatoms. The second-order valence-corrected chi connectivity index (χ2v) is 5.83. The Bertz CT molecular complexity index is 257. The summed E-state index contributed by atoms with van der Waals surface area (Å²) in [6.45, 7) is 7.70. The number of likely N-dealkylation sites (N-methyl/N-ethyl adjacent to an activating group) is 1. The van der Waals surface area contributed by atoms with Crippen molar-refractivity contribution in [2.24, 2.45) is 11.3 Å². The molecule has 0 aromatic carbocycles. The van der Waals surface area contributed by atoms with Crippen LogP contribution in [0.1, 0.15) is 20.3 Å². The monoisotopic (exact) mass is 243 g/mol. The van der Waals surface area contributed by atoms with E-state index in [-0.39, 0.29) is 12.0 Å². The highest BCUT2D eigenvalue weighted by Crippen LogP contribution is 2.54. The number of aliphatic hydroxyl groups excluding tert-OH is 1. The average Bonchev–Trinajstić information content (AvgIpc) is 2.70. The van der Waals surface area contributed by atoms with E-state index in [2.05, 4.69) is 25.8 Å². The number of hydrogen-bond donors (Lipinski definition) is 1. The van der Waals surface area contributed by atoms with Crippen LogP contribution in [0.3, 0.4) is 0 Å². The molecule has 2 aliphatic rings. The summed E-state index contributed by atoms with van der Waals surface area (Å²) >= 11 is 0. The van der Waals surface area contributed by atoms with Gasteiger partial charge in [-0.05, 0) is 13.5 Å². The van der Waals surface area contributed by atoms with Gasteiger partial charge in [-0.1, -0.05) is 13.8 Å². The van der Waals surface area contributed by atoms with Gasteiger partial charge in [0.05, 0.1) is 25.9 Å². The van der Waals surface area contributed by atoms with Crippen molar-refractivity contribution in [1.29, 1.82) is 0 Å². The summed E-state index contributed by atoms with van der Waals surface area (Å²) in [6, 6.07) is 0.604. The van der Waals surface area contributed by atoms with Gasteiger partial charge in [-0.2, -0.15) is 0 Å². The summed E-state index contributed by atoms with van der Waals surface area (Å²) in [6.07, 6.45) is 1.65. The Morgan fingerprint density at radius 2 is 2.18 bits per heavy atom.